The summed E-state index contributed by atoms with van der Waals surface area (Å²) >= 11 is 0. The summed E-state index contributed by atoms with van der Waals surface area (Å²) in [5.74, 6) is 0.797. The maximum Gasteiger partial charge on any atom is 0.255 e. The van der Waals surface area contributed by atoms with Crippen molar-refractivity contribution in [1.82, 2.24) is 15.5 Å². The second-order valence-corrected chi connectivity index (χ2v) is 10.7. The van der Waals surface area contributed by atoms with Crippen LogP contribution in [0.2, 0.25) is 0 Å². The third-order valence-corrected chi connectivity index (χ3v) is 7.01. The maximum atomic E-state index is 13.0. The normalized spacial score (nSPS) is 18.3. The van der Waals surface area contributed by atoms with Crippen molar-refractivity contribution in [2.24, 2.45) is 4.40 Å². The molecule has 9 heteroatoms. The molecule has 2 fully saturated rings. The third-order valence-electron chi connectivity index (χ3n) is 6.51. The number of benzene rings is 2. The molecule has 2 aliphatic rings. The van der Waals surface area contributed by atoms with Crippen molar-refractivity contribution in [3.8, 4) is 5.75 Å². The molecule has 2 N–H and O–H groups in total. The molecule has 1 aliphatic carbocycles. The Morgan fingerprint density at radius 2 is 1.74 bits per heavy atom. The van der Waals surface area contributed by atoms with E-state index in [0.29, 0.717) is 42.9 Å². The summed E-state index contributed by atoms with van der Waals surface area (Å²) in [5.41, 5.74) is 1.39. The Balaban J connectivity index is 1.52. The Labute approximate surface area is 201 Å². The second-order valence-electron chi connectivity index (χ2n) is 9.08. The number of amides is 1. The molecule has 1 saturated heterocycles. The standard InChI is InChI=1S/C25H32N4O4S/c1-33-22-11-7-6-10-21(22)23(30)26-18-25(19-8-4-3-5-9-19)14-16-29(17-15-25)24(27-20-12-13-20)28-34(2,31)32/h3-11,20H,12-18H2,1-2H3,(H,26,30)(H,27,28). The molecule has 0 aromatic heterocycles. The minimum Gasteiger partial charge on any atom is -0.496 e. The zero-order chi connectivity index (χ0) is 24.2. The van der Waals surface area contributed by atoms with E-state index in [0.717, 1.165) is 37.5 Å². The fourth-order valence-electron chi connectivity index (χ4n) is 4.43. The Morgan fingerprint density at radius 3 is 2.35 bits per heavy atom. The van der Waals surface area contributed by atoms with Crippen LogP contribution in [0.1, 0.15) is 41.6 Å². The van der Waals surface area contributed by atoms with Gasteiger partial charge in [0.2, 0.25) is 5.96 Å². The molecule has 0 radical (unpaired) electrons. The number of piperidine rings is 1. The number of likely N-dealkylation sites (tertiary alicyclic amines) is 1. The van der Waals surface area contributed by atoms with Crippen LogP contribution in [0.4, 0.5) is 0 Å². The number of guanidine groups is 1. The lowest BCUT2D eigenvalue weighted by atomic mass is 9.72. The van der Waals surface area contributed by atoms with Gasteiger partial charge in [-0.25, -0.2) is 8.42 Å². The lowest BCUT2D eigenvalue weighted by molar-refractivity contribution is 0.0929. The molecule has 1 saturated carbocycles. The van der Waals surface area contributed by atoms with Gasteiger partial charge in [0.25, 0.3) is 15.9 Å². The van der Waals surface area contributed by atoms with Crippen molar-refractivity contribution in [1.29, 1.82) is 0 Å². The Kier molecular flexibility index (Phi) is 7.11. The zero-order valence-corrected chi connectivity index (χ0v) is 20.5. The van der Waals surface area contributed by atoms with Gasteiger partial charge in [-0.2, -0.15) is 0 Å². The molecule has 182 valence electrons. The highest BCUT2D eigenvalue weighted by Gasteiger charge is 2.38. The van der Waals surface area contributed by atoms with Crippen LogP contribution in [0.5, 0.6) is 5.75 Å². The number of rotatable bonds is 7. The van der Waals surface area contributed by atoms with E-state index in [-0.39, 0.29) is 11.3 Å². The SMILES string of the molecule is COc1ccccc1C(=O)NCC1(c2ccccc2)CCN(/C(=N/S(C)(=O)=O)NC2CC2)CC1. The van der Waals surface area contributed by atoms with E-state index in [4.69, 9.17) is 4.74 Å². The van der Waals surface area contributed by atoms with Gasteiger partial charge >= 0.3 is 0 Å². The molecule has 0 spiro atoms. The number of nitrogens with one attached hydrogen (secondary N) is 2. The zero-order valence-electron chi connectivity index (χ0n) is 19.7. The minimum absolute atomic E-state index is 0.176. The number of ether oxygens (including phenoxy) is 1. The highest BCUT2D eigenvalue weighted by molar-refractivity contribution is 7.89. The van der Waals surface area contributed by atoms with Crippen molar-refractivity contribution in [2.75, 3.05) is 33.0 Å². The summed E-state index contributed by atoms with van der Waals surface area (Å²) in [4.78, 5) is 15.0. The largest absolute Gasteiger partial charge is 0.496 e. The van der Waals surface area contributed by atoms with Crippen LogP contribution in [0.25, 0.3) is 0 Å². The molecule has 2 aromatic carbocycles. The highest BCUT2D eigenvalue weighted by atomic mass is 32.2. The number of nitrogens with zero attached hydrogens (tertiary/aromatic N) is 2. The summed E-state index contributed by atoms with van der Waals surface area (Å²) in [5, 5.41) is 6.41. The quantitative estimate of drug-likeness (QED) is 0.463. The van der Waals surface area contributed by atoms with Crippen LogP contribution in [0.3, 0.4) is 0 Å². The fourth-order valence-corrected chi connectivity index (χ4v) is 4.91. The topological polar surface area (TPSA) is 100 Å². The highest BCUT2D eigenvalue weighted by Crippen LogP contribution is 2.35. The third kappa shape index (κ3) is 5.88. The van der Waals surface area contributed by atoms with E-state index < -0.39 is 10.0 Å². The molecule has 0 bridgehead atoms. The van der Waals surface area contributed by atoms with Crippen LogP contribution < -0.4 is 15.4 Å². The molecule has 1 amide bonds. The number of para-hydroxylation sites is 1. The van der Waals surface area contributed by atoms with E-state index in [2.05, 4.69) is 27.2 Å². The van der Waals surface area contributed by atoms with E-state index in [1.165, 1.54) is 0 Å². The van der Waals surface area contributed by atoms with Gasteiger partial charge in [-0.1, -0.05) is 42.5 Å². The van der Waals surface area contributed by atoms with E-state index in [1.54, 1.807) is 19.2 Å². The smallest absolute Gasteiger partial charge is 0.255 e. The summed E-state index contributed by atoms with van der Waals surface area (Å²) < 4.78 is 33.1. The average molecular weight is 485 g/mol. The number of sulfonamides is 1. The van der Waals surface area contributed by atoms with Crippen molar-refractivity contribution in [3.05, 3.63) is 65.7 Å². The Hall–Kier alpha value is -3.07. The number of carbonyl (C=O) groups is 1. The summed E-state index contributed by atoms with van der Waals surface area (Å²) in [6.45, 7) is 1.73. The summed E-state index contributed by atoms with van der Waals surface area (Å²) in [6, 6.07) is 17.7. The van der Waals surface area contributed by atoms with Crippen molar-refractivity contribution < 1.29 is 17.9 Å². The minimum atomic E-state index is -3.52. The first-order valence-electron chi connectivity index (χ1n) is 11.6. The first kappa shape index (κ1) is 24.1. The second kappa shape index (κ2) is 10.0. The molecule has 0 atom stereocenters. The number of hydrogen-bond acceptors (Lipinski definition) is 4. The van der Waals surface area contributed by atoms with Gasteiger partial charge < -0.3 is 20.3 Å². The van der Waals surface area contributed by atoms with Crippen molar-refractivity contribution >= 4 is 21.9 Å². The molecule has 2 aromatic rings. The van der Waals surface area contributed by atoms with Gasteiger partial charge in [0, 0.05) is 31.1 Å². The summed E-state index contributed by atoms with van der Waals surface area (Å²) in [7, 11) is -1.96. The Morgan fingerprint density at radius 1 is 1.09 bits per heavy atom. The lowest BCUT2D eigenvalue weighted by Gasteiger charge is -2.43. The number of hydrogen-bond donors (Lipinski definition) is 2. The van der Waals surface area contributed by atoms with Crippen molar-refractivity contribution in [3.63, 3.8) is 0 Å². The predicted octanol–water partition coefficient (Wildman–Crippen LogP) is 2.53. The van der Waals surface area contributed by atoms with Crippen LogP contribution in [0.15, 0.2) is 59.0 Å². The maximum absolute atomic E-state index is 13.0. The summed E-state index contributed by atoms with van der Waals surface area (Å²) in [6.07, 6.45) is 4.67. The van der Waals surface area contributed by atoms with E-state index in [1.807, 2.05) is 35.2 Å². The predicted molar refractivity (Wildman–Crippen MR) is 133 cm³/mol. The van der Waals surface area contributed by atoms with Gasteiger partial charge in [0.15, 0.2) is 0 Å². The first-order valence-corrected chi connectivity index (χ1v) is 13.4. The molecule has 1 aliphatic heterocycles. The molecular formula is C25H32N4O4S. The number of carbonyl (C=O) groups excluding carboxylic acids is 1. The van der Waals surface area contributed by atoms with Crippen LogP contribution in [-0.4, -0.2) is 64.2 Å². The molecule has 4 rings (SSSR count). The van der Waals surface area contributed by atoms with Crippen molar-refractivity contribution in [2.45, 2.75) is 37.1 Å². The van der Waals surface area contributed by atoms with Gasteiger partial charge in [0.1, 0.15) is 5.75 Å². The van der Waals surface area contributed by atoms with Crippen LogP contribution >= 0.6 is 0 Å². The van der Waals surface area contributed by atoms with Crippen LogP contribution in [0, 0.1) is 0 Å². The first-order chi connectivity index (χ1) is 16.3. The molecular weight excluding hydrogens is 452 g/mol. The number of methoxy groups -OCH3 is 1. The lowest BCUT2D eigenvalue weighted by Crippen LogP contribution is -2.53. The van der Waals surface area contributed by atoms with Gasteiger partial charge in [-0.05, 0) is 43.4 Å². The van der Waals surface area contributed by atoms with E-state index in [9.17, 15) is 13.2 Å². The van der Waals surface area contributed by atoms with Gasteiger partial charge in [-0.15, -0.1) is 4.40 Å². The fraction of sp³-hybridized carbons (Fsp3) is 0.440. The monoisotopic (exact) mass is 484 g/mol. The molecule has 34 heavy (non-hydrogen) atoms. The molecule has 0 unspecified atom stereocenters. The van der Waals surface area contributed by atoms with Crippen LogP contribution in [-0.2, 0) is 15.4 Å². The average Bonchev–Trinajstić information content (AvgIpc) is 3.66. The van der Waals surface area contributed by atoms with Gasteiger partial charge in [0.05, 0.1) is 18.9 Å². The van der Waals surface area contributed by atoms with E-state index >= 15 is 0 Å². The molecule has 8 nitrogen and oxygen atoms in total. The molecule has 1 heterocycles. The van der Waals surface area contributed by atoms with Gasteiger partial charge in [-0.3, -0.25) is 4.79 Å². The Bertz CT molecular complexity index is 1140.